The van der Waals surface area contributed by atoms with Gasteiger partial charge in [0.2, 0.25) is 5.82 Å². The van der Waals surface area contributed by atoms with Crippen molar-refractivity contribution in [2.45, 2.75) is 17.7 Å². The molecule has 0 aliphatic carbocycles. The molecule has 170 valence electrons. The third-order valence-corrected chi connectivity index (χ3v) is 7.11. The van der Waals surface area contributed by atoms with Crippen LogP contribution in [0.5, 0.6) is 0 Å². The molecule has 1 unspecified atom stereocenters. The van der Waals surface area contributed by atoms with Crippen molar-refractivity contribution in [3.8, 4) is 11.4 Å². The van der Waals surface area contributed by atoms with Gasteiger partial charge in [-0.2, -0.15) is 4.98 Å². The molecule has 3 aromatic carbocycles. The van der Waals surface area contributed by atoms with Crippen LogP contribution < -0.4 is 5.73 Å². The molecule has 1 aliphatic heterocycles. The first-order valence-electron chi connectivity index (χ1n) is 10.5. The van der Waals surface area contributed by atoms with Gasteiger partial charge in [-0.05, 0) is 61.0 Å². The Morgan fingerprint density at radius 3 is 2.21 bits per heavy atom. The minimum absolute atomic E-state index is 0.234. The Morgan fingerprint density at radius 1 is 0.882 bits per heavy atom. The summed E-state index contributed by atoms with van der Waals surface area (Å²) in [6.07, 6.45) is 0. The van der Waals surface area contributed by atoms with Crippen molar-refractivity contribution >= 4 is 40.5 Å². The third-order valence-electron chi connectivity index (χ3n) is 5.36. The van der Waals surface area contributed by atoms with Gasteiger partial charge < -0.3 is 15.0 Å². The highest BCUT2D eigenvalue weighted by Gasteiger charge is 2.36. The molecule has 8 heteroatoms. The van der Waals surface area contributed by atoms with Crippen molar-refractivity contribution in [2.75, 3.05) is 0 Å². The molecular formula is C26H19Cl2N3O2S. The van der Waals surface area contributed by atoms with Crippen molar-refractivity contribution in [3.63, 3.8) is 0 Å². The SMILES string of the molecule is CC1=C(Sc2ccc(Cl)cc2)C(c2ccccc2)C(c2nc(-c3ccc(Cl)cc3)no2)=C(N)O1. The van der Waals surface area contributed by atoms with Crippen molar-refractivity contribution in [2.24, 2.45) is 5.73 Å². The number of ether oxygens (including phenoxy) is 1. The molecular weight excluding hydrogens is 489 g/mol. The van der Waals surface area contributed by atoms with Crippen LogP contribution in [0.3, 0.4) is 0 Å². The first kappa shape index (κ1) is 22.6. The van der Waals surface area contributed by atoms with Gasteiger partial charge in [0.05, 0.1) is 11.5 Å². The van der Waals surface area contributed by atoms with E-state index in [0.29, 0.717) is 33.1 Å². The topological polar surface area (TPSA) is 74.2 Å². The lowest BCUT2D eigenvalue weighted by Gasteiger charge is -2.29. The van der Waals surface area contributed by atoms with E-state index in [-0.39, 0.29) is 11.8 Å². The molecule has 0 spiro atoms. The number of rotatable bonds is 5. The molecule has 0 bridgehead atoms. The molecule has 0 saturated carbocycles. The maximum atomic E-state index is 6.42. The van der Waals surface area contributed by atoms with Gasteiger partial charge in [0, 0.05) is 25.4 Å². The van der Waals surface area contributed by atoms with Crippen LogP contribution in [0.25, 0.3) is 17.0 Å². The first-order chi connectivity index (χ1) is 16.5. The molecule has 34 heavy (non-hydrogen) atoms. The van der Waals surface area contributed by atoms with E-state index >= 15 is 0 Å². The molecule has 5 nitrogen and oxygen atoms in total. The monoisotopic (exact) mass is 507 g/mol. The Morgan fingerprint density at radius 2 is 1.53 bits per heavy atom. The van der Waals surface area contributed by atoms with Gasteiger partial charge in [0.1, 0.15) is 5.76 Å². The molecule has 0 amide bonds. The first-order valence-corrected chi connectivity index (χ1v) is 12.0. The van der Waals surface area contributed by atoms with E-state index in [1.165, 1.54) is 0 Å². The molecule has 1 aromatic heterocycles. The second-order valence-corrected chi connectivity index (χ2v) is 9.62. The minimum atomic E-state index is -0.255. The summed E-state index contributed by atoms with van der Waals surface area (Å²) in [5.41, 5.74) is 8.87. The number of nitrogens with zero attached hydrogens (tertiary/aromatic N) is 2. The standard InChI is InChI=1S/C26H19Cl2N3O2S/c1-15-23(34-20-13-11-19(28)12-14-20)21(16-5-3-2-4-6-16)22(24(29)32-15)26-30-25(31-33-26)17-7-9-18(27)10-8-17/h2-14,21H,29H2,1H3. The van der Waals surface area contributed by atoms with Crippen molar-refractivity contribution in [1.29, 1.82) is 0 Å². The molecule has 4 aromatic rings. The number of aromatic nitrogens is 2. The zero-order valence-corrected chi connectivity index (χ0v) is 20.4. The molecule has 2 heterocycles. The lowest BCUT2D eigenvalue weighted by atomic mass is 9.88. The summed E-state index contributed by atoms with van der Waals surface area (Å²) in [5, 5.41) is 5.49. The van der Waals surface area contributed by atoms with E-state index in [9.17, 15) is 0 Å². The summed E-state index contributed by atoms with van der Waals surface area (Å²) in [4.78, 5) is 6.65. The highest BCUT2D eigenvalue weighted by Crippen LogP contribution is 2.50. The largest absolute Gasteiger partial charge is 0.445 e. The highest BCUT2D eigenvalue weighted by molar-refractivity contribution is 8.03. The van der Waals surface area contributed by atoms with Crippen LogP contribution in [-0.4, -0.2) is 10.1 Å². The van der Waals surface area contributed by atoms with Crippen molar-refractivity contribution < 1.29 is 9.26 Å². The quantitative estimate of drug-likeness (QED) is 0.301. The van der Waals surface area contributed by atoms with Crippen LogP contribution in [0.4, 0.5) is 0 Å². The average Bonchev–Trinajstić information content (AvgIpc) is 3.32. The van der Waals surface area contributed by atoms with E-state index in [2.05, 4.69) is 22.3 Å². The van der Waals surface area contributed by atoms with Crippen LogP contribution in [0.1, 0.15) is 24.3 Å². The number of allylic oxidation sites excluding steroid dienone is 3. The second kappa shape index (κ2) is 9.58. The number of hydrogen-bond donors (Lipinski definition) is 1. The highest BCUT2D eigenvalue weighted by atomic mass is 35.5. The number of hydrogen-bond acceptors (Lipinski definition) is 6. The van der Waals surface area contributed by atoms with E-state index in [0.717, 1.165) is 20.9 Å². The van der Waals surface area contributed by atoms with E-state index in [1.807, 2.05) is 61.5 Å². The zero-order chi connectivity index (χ0) is 23.7. The fraction of sp³-hybridized carbons (Fsp3) is 0.0769. The van der Waals surface area contributed by atoms with Crippen molar-refractivity contribution in [3.05, 3.63) is 117 Å². The molecule has 1 atom stereocenters. The summed E-state index contributed by atoms with van der Waals surface area (Å²) in [5.74, 6) is 1.44. The van der Waals surface area contributed by atoms with Crippen LogP contribution in [-0.2, 0) is 4.74 Å². The number of benzene rings is 3. The van der Waals surface area contributed by atoms with Gasteiger partial charge in [-0.15, -0.1) is 0 Å². The molecule has 2 N–H and O–H groups in total. The molecule has 1 aliphatic rings. The van der Waals surface area contributed by atoms with Crippen LogP contribution in [0, 0.1) is 0 Å². The summed E-state index contributed by atoms with van der Waals surface area (Å²) >= 11 is 13.7. The molecule has 0 radical (unpaired) electrons. The maximum absolute atomic E-state index is 6.42. The predicted octanol–water partition coefficient (Wildman–Crippen LogP) is 7.51. The van der Waals surface area contributed by atoms with Crippen LogP contribution >= 0.6 is 35.0 Å². The predicted molar refractivity (Wildman–Crippen MR) is 136 cm³/mol. The fourth-order valence-corrected chi connectivity index (χ4v) is 5.08. The third kappa shape index (κ3) is 4.57. The van der Waals surface area contributed by atoms with Crippen LogP contribution in [0.15, 0.2) is 105 Å². The van der Waals surface area contributed by atoms with E-state index in [4.69, 9.17) is 38.2 Å². The number of halogens is 2. The van der Waals surface area contributed by atoms with Crippen molar-refractivity contribution in [1.82, 2.24) is 10.1 Å². The number of thioether (sulfide) groups is 1. The molecule has 0 saturated heterocycles. The van der Waals surface area contributed by atoms with E-state index < -0.39 is 0 Å². The van der Waals surface area contributed by atoms with Gasteiger partial charge >= 0.3 is 0 Å². The fourth-order valence-electron chi connectivity index (χ4n) is 3.75. The maximum Gasteiger partial charge on any atom is 0.260 e. The average molecular weight is 508 g/mol. The Hall–Kier alpha value is -3.19. The van der Waals surface area contributed by atoms with Gasteiger partial charge in [0.15, 0.2) is 5.88 Å². The van der Waals surface area contributed by atoms with Gasteiger partial charge in [-0.3, -0.25) is 0 Å². The normalized spacial score (nSPS) is 16.0. The summed E-state index contributed by atoms with van der Waals surface area (Å²) in [6, 6.07) is 25.0. The van der Waals surface area contributed by atoms with Crippen LogP contribution in [0.2, 0.25) is 10.0 Å². The lowest BCUT2D eigenvalue weighted by molar-refractivity contribution is 0.289. The summed E-state index contributed by atoms with van der Waals surface area (Å²) in [7, 11) is 0. The number of nitrogens with two attached hydrogens (primary N) is 1. The Balaban J connectivity index is 1.59. The van der Waals surface area contributed by atoms with Gasteiger partial charge in [0.25, 0.3) is 5.89 Å². The lowest BCUT2D eigenvalue weighted by Crippen LogP contribution is -2.19. The Bertz CT molecular complexity index is 1380. The summed E-state index contributed by atoms with van der Waals surface area (Å²) < 4.78 is 11.7. The second-order valence-electron chi connectivity index (χ2n) is 7.63. The molecule has 5 rings (SSSR count). The Kier molecular flexibility index (Phi) is 6.37. The minimum Gasteiger partial charge on any atom is -0.445 e. The Labute approximate surface area is 211 Å². The van der Waals surface area contributed by atoms with Gasteiger partial charge in [-0.25, -0.2) is 0 Å². The van der Waals surface area contributed by atoms with Gasteiger partial charge in [-0.1, -0.05) is 70.5 Å². The zero-order valence-electron chi connectivity index (χ0n) is 18.0. The molecule has 0 fully saturated rings. The smallest absolute Gasteiger partial charge is 0.260 e. The summed E-state index contributed by atoms with van der Waals surface area (Å²) in [6.45, 7) is 1.91. The van der Waals surface area contributed by atoms with E-state index in [1.54, 1.807) is 23.9 Å².